The molecule has 0 spiro atoms. The molecular weight excluding hydrogens is 198 g/mol. The molecule has 16 heavy (non-hydrogen) atoms. The van der Waals surface area contributed by atoms with E-state index in [1.807, 2.05) is 0 Å². The minimum Gasteiger partial charge on any atom is -0.305 e. The predicted molar refractivity (Wildman–Crippen MR) is 65.1 cm³/mol. The molecule has 0 aromatic carbocycles. The maximum absolute atomic E-state index is 8.83. The topological polar surface area (TPSA) is 39.1 Å². The van der Waals surface area contributed by atoms with Crippen molar-refractivity contribution in [3.63, 3.8) is 0 Å². The van der Waals surface area contributed by atoms with Gasteiger partial charge in [-0.2, -0.15) is 5.26 Å². The number of hydrogen-bond acceptors (Lipinski definition) is 3. The molecule has 1 aliphatic heterocycles. The van der Waals surface area contributed by atoms with Crippen LogP contribution in [0.5, 0.6) is 0 Å². The van der Waals surface area contributed by atoms with E-state index in [1.165, 1.54) is 25.7 Å². The van der Waals surface area contributed by atoms with Crippen molar-refractivity contribution < 1.29 is 0 Å². The highest BCUT2D eigenvalue weighted by Gasteiger charge is 2.35. The third-order valence-electron chi connectivity index (χ3n) is 3.83. The molecule has 1 atom stereocenters. The maximum Gasteiger partial charge on any atom is 0.0638 e. The van der Waals surface area contributed by atoms with Gasteiger partial charge in [-0.1, -0.05) is 12.8 Å². The summed E-state index contributed by atoms with van der Waals surface area (Å²) in [6.45, 7) is 6.68. The maximum atomic E-state index is 8.83. The summed E-state index contributed by atoms with van der Waals surface area (Å²) in [5.74, 6) is 0. The fourth-order valence-electron chi connectivity index (χ4n) is 3.27. The summed E-state index contributed by atoms with van der Waals surface area (Å²) < 4.78 is 0. The van der Waals surface area contributed by atoms with E-state index in [0.717, 1.165) is 19.1 Å². The van der Waals surface area contributed by atoms with Gasteiger partial charge in [0.15, 0.2) is 0 Å². The zero-order valence-electron chi connectivity index (χ0n) is 10.5. The summed E-state index contributed by atoms with van der Waals surface area (Å²) in [6, 6.07) is 3.43. The third-order valence-corrected chi connectivity index (χ3v) is 3.83. The Morgan fingerprint density at radius 3 is 2.69 bits per heavy atom. The Morgan fingerprint density at radius 2 is 2.06 bits per heavy atom. The molecule has 0 bridgehead atoms. The molecule has 0 aromatic rings. The molecule has 2 rings (SSSR count). The van der Waals surface area contributed by atoms with Crippen LogP contribution in [0.1, 0.15) is 46.0 Å². The summed E-state index contributed by atoms with van der Waals surface area (Å²) in [4.78, 5) is 2.62. The number of nitrogens with one attached hydrogen (secondary N) is 1. The zero-order valence-corrected chi connectivity index (χ0v) is 10.5. The highest BCUT2D eigenvalue weighted by atomic mass is 15.3. The van der Waals surface area contributed by atoms with Crippen molar-refractivity contribution in [1.82, 2.24) is 10.2 Å². The smallest absolute Gasteiger partial charge is 0.0638 e. The molecule has 1 saturated carbocycles. The van der Waals surface area contributed by atoms with Gasteiger partial charge in [0.25, 0.3) is 0 Å². The van der Waals surface area contributed by atoms with E-state index in [4.69, 9.17) is 5.26 Å². The summed E-state index contributed by atoms with van der Waals surface area (Å²) in [7, 11) is 0. The quantitative estimate of drug-likeness (QED) is 0.774. The van der Waals surface area contributed by atoms with E-state index in [-0.39, 0.29) is 5.54 Å². The summed E-state index contributed by atoms with van der Waals surface area (Å²) in [6.07, 6.45) is 6.12. The summed E-state index contributed by atoms with van der Waals surface area (Å²) in [5, 5.41) is 12.4. The molecule has 1 aliphatic carbocycles. The lowest BCUT2D eigenvalue weighted by atomic mass is 9.95. The number of rotatable bonds is 2. The molecule has 90 valence electrons. The molecular formula is C13H23N3. The fraction of sp³-hybridized carbons (Fsp3) is 0.923. The van der Waals surface area contributed by atoms with Crippen LogP contribution < -0.4 is 5.32 Å². The van der Waals surface area contributed by atoms with Crippen molar-refractivity contribution in [2.45, 2.75) is 63.6 Å². The van der Waals surface area contributed by atoms with Gasteiger partial charge >= 0.3 is 0 Å². The van der Waals surface area contributed by atoms with Crippen LogP contribution in [0.4, 0.5) is 0 Å². The van der Waals surface area contributed by atoms with Crippen molar-refractivity contribution in [2.24, 2.45) is 0 Å². The molecule has 2 aliphatic rings. The van der Waals surface area contributed by atoms with Gasteiger partial charge in [-0.15, -0.1) is 0 Å². The average Bonchev–Trinajstić information content (AvgIpc) is 2.68. The van der Waals surface area contributed by atoms with E-state index in [1.54, 1.807) is 0 Å². The lowest BCUT2D eigenvalue weighted by molar-refractivity contribution is 0.0814. The average molecular weight is 221 g/mol. The number of piperazine rings is 1. The Morgan fingerprint density at radius 1 is 1.38 bits per heavy atom. The first kappa shape index (κ1) is 11.9. The van der Waals surface area contributed by atoms with Gasteiger partial charge in [-0.3, -0.25) is 4.90 Å². The molecule has 1 heterocycles. The van der Waals surface area contributed by atoms with Crippen LogP contribution in [0.15, 0.2) is 0 Å². The van der Waals surface area contributed by atoms with Gasteiger partial charge in [-0.05, 0) is 26.7 Å². The Hall–Kier alpha value is -0.590. The van der Waals surface area contributed by atoms with Crippen LogP contribution in [0, 0.1) is 11.3 Å². The molecule has 3 heteroatoms. The van der Waals surface area contributed by atoms with Crippen LogP contribution in [-0.2, 0) is 0 Å². The van der Waals surface area contributed by atoms with Gasteiger partial charge in [0, 0.05) is 30.7 Å². The molecule has 1 N–H and O–H groups in total. The number of nitrogens with zero attached hydrogens (tertiary/aromatic N) is 2. The third kappa shape index (κ3) is 2.75. The normalized spacial score (nSPS) is 31.4. The lowest BCUT2D eigenvalue weighted by Gasteiger charge is -2.45. The standard InChI is InChI=1S/C13H23N3/c1-13(2)10-16(12-5-3-4-6-12)9-11(15-13)7-8-14/h11-12,15H,3-7,9-10H2,1-2H3. The zero-order chi connectivity index (χ0) is 11.6. The summed E-state index contributed by atoms with van der Waals surface area (Å²) in [5.41, 5.74) is 0.155. The Bertz CT molecular complexity index is 273. The lowest BCUT2D eigenvalue weighted by Crippen LogP contribution is -2.63. The SMILES string of the molecule is CC1(C)CN(C2CCCC2)CC(CC#N)N1. The van der Waals surface area contributed by atoms with Crippen molar-refractivity contribution in [1.29, 1.82) is 5.26 Å². The highest BCUT2D eigenvalue weighted by Crippen LogP contribution is 2.27. The van der Waals surface area contributed by atoms with Gasteiger partial charge in [0.1, 0.15) is 0 Å². The first-order valence-electron chi connectivity index (χ1n) is 6.49. The molecule has 1 unspecified atom stereocenters. The van der Waals surface area contributed by atoms with Gasteiger partial charge < -0.3 is 5.32 Å². The minimum absolute atomic E-state index is 0.155. The molecule has 0 radical (unpaired) electrons. The molecule has 3 nitrogen and oxygen atoms in total. The molecule has 1 saturated heterocycles. The monoisotopic (exact) mass is 221 g/mol. The van der Waals surface area contributed by atoms with Crippen LogP contribution in [-0.4, -0.2) is 35.6 Å². The van der Waals surface area contributed by atoms with Gasteiger partial charge in [0.2, 0.25) is 0 Å². The summed E-state index contributed by atoms with van der Waals surface area (Å²) >= 11 is 0. The van der Waals surface area contributed by atoms with Crippen LogP contribution in [0.25, 0.3) is 0 Å². The van der Waals surface area contributed by atoms with Crippen LogP contribution in [0.3, 0.4) is 0 Å². The van der Waals surface area contributed by atoms with E-state index in [0.29, 0.717) is 12.5 Å². The van der Waals surface area contributed by atoms with Crippen molar-refractivity contribution in [3.8, 4) is 6.07 Å². The minimum atomic E-state index is 0.155. The van der Waals surface area contributed by atoms with Crippen molar-refractivity contribution in [2.75, 3.05) is 13.1 Å². The van der Waals surface area contributed by atoms with E-state index in [2.05, 4.69) is 30.1 Å². The first-order valence-corrected chi connectivity index (χ1v) is 6.49. The van der Waals surface area contributed by atoms with E-state index in [9.17, 15) is 0 Å². The fourth-order valence-corrected chi connectivity index (χ4v) is 3.27. The largest absolute Gasteiger partial charge is 0.305 e. The van der Waals surface area contributed by atoms with Crippen LogP contribution in [0.2, 0.25) is 0 Å². The van der Waals surface area contributed by atoms with E-state index < -0.39 is 0 Å². The second-order valence-corrected chi connectivity index (χ2v) is 5.96. The molecule has 2 fully saturated rings. The van der Waals surface area contributed by atoms with Crippen LogP contribution >= 0.6 is 0 Å². The van der Waals surface area contributed by atoms with E-state index >= 15 is 0 Å². The van der Waals surface area contributed by atoms with Gasteiger partial charge in [0.05, 0.1) is 12.5 Å². The van der Waals surface area contributed by atoms with Gasteiger partial charge in [-0.25, -0.2) is 0 Å². The Balaban J connectivity index is 1.99. The van der Waals surface area contributed by atoms with Crippen molar-refractivity contribution >= 4 is 0 Å². The number of hydrogen-bond donors (Lipinski definition) is 1. The molecule has 0 aromatic heterocycles. The first-order chi connectivity index (χ1) is 7.61. The molecule has 0 amide bonds. The predicted octanol–water partition coefficient (Wildman–Crippen LogP) is 1.90. The van der Waals surface area contributed by atoms with Crippen molar-refractivity contribution in [3.05, 3.63) is 0 Å². The Kier molecular flexibility index (Phi) is 3.51. The second kappa shape index (κ2) is 4.73. The highest BCUT2D eigenvalue weighted by molar-refractivity contribution is 4.98. The second-order valence-electron chi connectivity index (χ2n) is 5.96. The number of nitriles is 1. The Labute approximate surface area is 98.8 Å².